The van der Waals surface area contributed by atoms with Crippen LogP contribution in [0.3, 0.4) is 0 Å². The second-order valence-corrected chi connectivity index (χ2v) is 7.77. The minimum Gasteiger partial charge on any atom is -0.340 e. The number of hydrogen-bond acceptors (Lipinski definition) is 4. The van der Waals surface area contributed by atoms with Crippen molar-refractivity contribution in [1.29, 1.82) is 0 Å². The predicted molar refractivity (Wildman–Crippen MR) is 103 cm³/mol. The molecule has 1 aromatic heterocycles. The zero-order chi connectivity index (χ0) is 17.6. The van der Waals surface area contributed by atoms with Gasteiger partial charge in [0, 0.05) is 38.1 Å². The number of carbonyl (C=O) groups excluding carboxylic acids is 1. The summed E-state index contributed by atoms with van der Waals surface area (Å²) in [5.74, 6) is 0.288. The first kappa shape index (κ1) is 18.1. The number of hydrogen-bond donors (Lipinski definition) is 0. The van der Waals surface area contributed by atoms with E-state index in [-0.39, 0.29) is 11.8 Å². The number of carbonyl (C=O) groups is 1. The molecule has 0 saturated carbocycles. The number of thiazole rings is 1. The van der Waals surface area contributed by atoms with Gasteiger partial charge in [0.25, 0.3) is 0 Å². The highest BCUT2D eigenvalue weighted by atomic mass is 32.1. The molecule has 0 radical (unpaired) electrons. The molecule has 4 nitrogen and oxygen atoms in total. The highest BCUT2D eigenvalue weighted by Crippen LogP contribution is 2.24. The van der Waals surface area contributed by atoms with Crippen LogP contribution in [-0.4, -0.2) is 46.9 Å². The molecule has 3 rings (SSSR count). The molecule has 0 aliphatic carbocycles. The summed E-state index contributed by atoms with van der Waals surface area (Å²) in [6, 6.07) is 10.2. The molecule has 1 fully saturated rings. The smallest absolute Gasteiger partial charge is 0.230 e. The molecule has 1 aliphatic rings. The minimum absolute atomic E-state index is 0.000981. The van der Waals surface area contributed by atoms with E-state index < -0.39 is 0 Å². The first-order chi connectivity index (χ1) is 12.2. The fourth-order valence-electron chi connectivity index (χ4n) is 3.46. The summed E-state index contributed by atoms with van der Waals surface area (Å²) in [7, 11) is 0. The van der Waals surface area contributed by atoms with Crippen LogP contribution in [0.25, 0.3) is 0 Å². The second-order valence-electron chi connectivity index (χ2n) is 6.71. The van der Waals surface area contributed by atoms with E-state index in [4.69, 9.17) is 0 Å². The minimum atomic E-state index is -0.000981. The van der Waals surface area contributed by atoms with Crippen molar-refractivity contribution in [3.05, 3.63) is 52.0 Å². The maximum absolute atomic E-state index is 13.1. The lowest BCUT2D eigenvalue weighted by Gasteiger charge is -2.36. The van der Waals surface area contributed by atoms with Crippen molar-refractivity contribution in [1.82, 2.24) is 14.8 Å². The maximum atomic E-state index is 13.1. The van der Waals surface area contributed by atoms with Gasteiger partial charge in [-0.15, -0.1) is 11.3 Å². The van der Waals surface area contributed by atoms with E-state index in [2.05, 4.69) is 39.2 Å². The quantitative estimate of drug-likeness (QED) is 0.791. The van der Waals surface area contributed by atoms with Gasteiger partial charge in [-0.05, 0) is 18.9 Å². The van der Waals surface area contributed by atoms with E-state index in [0.717, 1.165) is 61.8 Å². The average Bonchev–Trinajstić information content (AvgIpc) is 3.05. The summed E-state index contributed by atoms with van der Waals surface area (Å²) < 4.78 is 0. The predicted octanol–water partition coefficient (Wildman–Crippen LogP) is 3.68. The monoisotopic (exact) mass is 357 g/mol. The standard InChI is InChI=1S/C20H27N3OS/c1-3-7-19(17-8-5-4-6-9-17)20(24)23-12-10-22(11-13-23)14-18-15-25-16(2)21-18/h4-6,8-9,15,19H,3,7,10-14H2,1-2H3. The third kappa shape index (κ3) is 4.67. The van der Waals surface area contributed by atoms with Gasteiger partial charge in [0.1, 0.15) is 0 Å². The van der Waals surface area contributed by atoms with Crippen LogP contribution in [-0.2, 0) is 11.3 Å². The van der Waals surface area contributed by atoms with Gasteiger partial charge in [-0.2, -0.15) is 0 Å². The average molecular weight is 358 g/mol. The summed E-state index contributed by atoms with van der Waals surface area (Å²) in [5, 5.41) is 3.26. The van der Waals surface area contributed by atoms with Crippen molar-refractivity contribution in [2.45, 2.75) is 39.2 Å². The third-order valence-corrected chi connectivity index (χ3v) is 5.64. The summed E-state index contributed by atoms with van der Waals surface area (Å²) in [4.78, 5) is 22.1. The number of aryl methyl sites for hydroxylation is 1. The topological polar surface area (TPSA) is 36.4 Å². The Bertz CT molecular complexity index is 677. The molecule has 25 heavy (non-hydrogen) atoms. The molecular weight excluding hydrogens is 330 g/mol. The van der Waals surface area contributed by atoms with Gasteiger partial charge < -0.3 is 4.90 Å². The molecule has 1 unspecified atom stereocenters. The van der Waals surface area contributed by atoms with Crippen molar-refractivity contribution in [3.63, 3.8) is 0 Å². The van der Waals surface area contributed by atoms with E-state index in [1.165, 1.54) is 0 Å². The van der Waals surface area contributed by atoms with Crippen LogP contribution in [0.2, 0.25) is 0 Å². The van der Waals surface area contributed by atoms with Crippen molar-refractivity contribution in [2.75, 3.05) is 26.2 Å². The van der Waals surface area contributed by atoms with E-state index >= 15 is 0 Å². The van der Waals surface area contributed by atoms with Gasteiger partial charge in [0.15, 0.2) is 0 Å². The number of nitrogens with zero attached hydrogens (tertiary/aromatic N) is 3. The van der Waals surface area contributed by atoms with E-state index in [9.17, 15) is 4.79 Å². The summed E-state index contributed by atoms with van der Waals surface area (Å²) in [6.45, 7) is 8.57. The van der Waals surface area contributed by atoms with Gasteiger partial charge in [-0.3, -0.25) is 9.69 Å². The Hall–Kier alpha value is -1.72. The molecule has 1 atom stereocenters. The molecule has 0 spiro atoms. The first-order valence-electron chi connectivity index (χ1n) is 9.14. The lowest BCUT2D eigenvalue weighted by Crippen LogP contribution is -2.49. The Kier molecular flexibility index (Phi) is 6.21. The van der Waals surface area contributed by atoms with E-state index in [0.29, 0.717) is 0 Å². The Balaban J connectivity index is 1.58. The Labute approximate surface area is 154 Å². The Morgan fingerprint density at radius 2 is 1.92 bits per heavy atom. The van der Waals surface area contributed by atoms with Crippen LogP contribution in [0, 0.1) is 6.92 Å². The lowest BCUT2D eigenvalue weighted by molar-refractivity contribution is -0.134. The molecule has 2 aromatic rings. The van der Waals surface area contributed by atoms with Crippen LogP contribution >= 0.6 is 11.3 Å². The molecule has 1 aliphatic heterocycles. The van der Waals surface area contributed by atoms with E-state index in [1.54, 1.807) is 11.3 Å². The highest BCUT2D eigenvalue weighted by molar-refractivity contribution is 7.09. The fraction of sp³-hybridized carbons (Fsp3) is 0.500. The summed E-state index contributed by atoms with van der Waals surface area (Å²) >= 11 is 1.70. The second kappa shape index (κ2) is 8.59. The Morgan fingerprint density at radius 3 is 2.52 bits per heavy atom. The third-order valence-electron chi connectivity index (χ3n) is 4.81. The molecule has 1 amide bonds. The Morgan fingerprint density at radius 1 is 1.20 bits per heavy atom. The van der Waals surface area contributed by atoms with Crippen molar-refractivity contribution in [3.8, 4) is 0 Å². The SMILES string of the molecule is CCCC(C(=O)N1CCN(Cc2csc(C)n2)CC1)c1ccccc1. The molecule has 1 aromatic carbocycles. The van der Waals surface area contributed by atoms with Crippen molar-refractivity contribution >= 4 is 17.2 Å². The van der Waals surface area contributed by atoms with Gasteiger partial charge in [0.05, 0.1) is 16.6 Å². The lowest BCUT2D eigenvalue weighted by atomic mass is 9.93. The van der Waals surface area contributed by atoms with Crippen LogP contribution in [0.1, 0.15) is 41.9 Å². The number of aromatic nitrogens is 1. The number of benzene rings is 1. The van der Waals surface area contributed by atoms with Crippen LogP contribution in [0.5, 0.6) is 0 Å². The molecule has 134 valence electrons. The van der Waals surface area contributed by atoms with Crippen molar-refractivity contribution < 1.29 is 4.79 Å². The van der Waals surface area contributed by atoms with Crippen LogP contribution < -0.4 is 0 Å². The van der Waals surface area contributed by atoms with Crippen LogP contribution in [0.4, 0.5) is 0 Å². The maximum Gasteiger partial charge on any atom is 0.230 e. The molecule has 0 N–H and O–H groups in total. The molecular formula is C20H27N3OS. The molecule has 2 heterocycles. The van der Waals surface area contributed by atoms with Gasteiger partial charge in [-0.1, -0.05) is 43.7 Å². The molecule has 5 heteroatoms. The zero-order valence-corrected chi connectivity index (χ0v) is 16.0. The molecule has 1 saturated heterocycles. The van der Waals surface area contributed by atoms with E-state index in [1.807, 2.05) is 25.1 Å². The zero-order valence-electron chi connectivity index (χ0n) is 15.1. The normalized spacial score (nSPS) is 16.8. The van der Waals surface area contributed by atoms with Gasteiger partial charge in [-0.25, -0.2) is 4.98 Å². The molecule has 0 bridgehead atoms. The van der Waals surface area contributed by atoms with Crippen molar-refractivity contribution in [2.24, 2.45) is 0 Å². The fourth-order valence-corrected chi connectivity index (χ4v) is 4.07. The van der Waals surface area contributed by atoms with Gasteiger partial charge in [0.2, 0.25) is 5.91 Å². The number of piperazine rings is 1. The summed E-state index contributed by atoms with van der Waals surface area (Å²) in [5.41, 5.74) is 2.30. The number of amides is 1. The summed E-state index contributed by atoms with van der Waals surface area (Å²) in [6.07, 6.45) is 1.94. The van der Waals surface area contributed by atoms with Gasteiger partial charge >= 0.3 is 0 Å². The first-order valence-corrected chi connectivity index (χ1v) is 10.0. The largest absolute Gasteiger partial charge is 0.340 e. The highest BCUT2D eigenvalue weighted by Gasteiger charge is 2.28. The number of rotatable bonds is 6. The van der Waals surface area contributed by atoms with Crippen LogP contribution in [0.15, 0.2) is 35.7 Å².